The number of carboxylic acid groups (broad SMARTS) is 1. The molecule has 0 amide bonds. The highest BCUT2D eigenvalue weighted by Crippen LogP contribution is 2.47. The standard InChI is InChI=1S/C31H34ClIO4/c1-30(2,3)29(36-4)26-15-20(10-13-25(26)22-7-5-9-23(32)16-22)19-37-24-12-11-21-8-6-14-31(33,18-28(34)35)27(21)17-24/h5,7,9-13,15-17,29H,6,8,14,18-19H2,1-4H3,(H,34,35)/t29-,31+/m1/s1. The number of hydrogen-bond donors (Lipinski definition) is 1. The normalized spacial score (nSPS) is 18.2. The third-order valence-corrected chi connectivity index (χ3v) is 8.71. The number of hydrogen-bond acceptors (Lipinski definition) is 3. The molecule has 0 radical (unpaired) electrons. The monoisotopic (exact) mass is 632 g/mol. The number of rotatable bonds is 8. The average molecular weight is 633 g/mol. The van der Waals surface area contributed by atoms with E-state index in [1.807, 2.05) is 30.3 Å². The van der Waals surface area contributed by atoms with Crippen LogP contribution in [0.1, 0.15) is 68.4 Å². The number of aliphatic carboxylic acids is 1. The molecule has 0 spiro atoms. The third kappa shape index (κ3) is 6.50. The van der Waals surface area contributed by atoms with Crippen molar-refractivity contribution in [3.8, 4) is 16.9 Å². The summed E-state index contributed by atoms with van der Waals surface area (Å²) in [5.41, 5.74) is 6.46. The van der Waals surface area contributed by atoms with Crippen molar-refractivity contribution < 1.29 is 19.4 Å². The fourth-order valence-corrected chi connectivity index (χ4v) is 6.75. The zero-order chi connectivity index (χ0) is 26.8. The van der Waals surface area contributed by atoms with Crippen LogP contribution in [-0.2, 0) is 26.0 Å². The van der Waals surface area contributed by atoms with E-state index in [0.29, 0.717) is 11.6 Å². The van der Waals surface area contributed by atoms with Gasteiger partial charge in [-0.05, 0) is 88.4 Å². The first-order valence-electron chi connectivity index (χ1n) is 12.6. The second-order valence-electron chi connectivity index (χ2n) is 10.9. The molecule has 37 heavy (non-hydrogen) atoms. The summed E-state index contributed by atoms with van der Waals surface area (Å²) in [5.74, 6) is -0.0147. The van der Waals surface area contributed by atoms with Crippen molar-refractivity contribution in [3.05, 3.63) is 87.9 Å². The van der Waals surface area contributed by atoms with Crippen LogP contribution in [-0.4, -0.2) is 18.2 Å². The van der Waals surface area contributed by atoms with Crippen LogP contribution >= 0.6 is 34.2 Å². The van der Waals surface area contributed by atoms with Gasteiger partial charge < -0.3 is 14.6 Å². The van der Waals surface area contributed by atoms with E-state index in [1.165, 1.54) is 5.56 Å². The molecule has 1 aliphatic rings. The highest BCUT2D eigenvalue weighted by Gasteiger charge is 2.36. The van der Waals surface area contributed by atoms with Crippen molar-refractivity contribution >= 4 is 40.2 Å². The Labute approximate surface area is 238 Å². The second kappa shape index (κ2) is 11.3. The Balaban J connectivity index is 1.65. The van der Waals surface area contributed by atoms with E-state index in [-0.39, 0.29) is 17.9 Å². The first-order chi connectivity index (χ1) is 17.5. The molecule has 196 valence electrons. The molecule has 4 rings (SSSR count). The van der Waals surface area contributed by atoms with Crippen LogP contribution in [0.25, 0.3) is 11.1 Å². The molecule has 0 saturated heterocycles. The van der Waals surface area contributed by atoms with Crippen molar-refractivity contribution in [2.45, 2.75) is 62.6 Å². The molecule has 3 aromatic rings. The number of carboxylic acids is 1. The first kappa shape index (κ1) is 27.9. The summed E-state index contributed by atoms with van der Waals surface area (Å²) in [4.78, 5) is 11.6. The molecule has 2 atom stereocenters. The van der Waals surface area contributed by atoms with Crippen molar-refractivity contribution in [2.75, 3.05) is 7.11 Å². The summed E-state index contributed by atoms with van der Waals surface area (Å²) in [6.45, 7) is 6.92. The van der Waals surface area contributed by atoms with E-state index in [2.05, 4.69) is 73.7 Å². The molecule has 0 unspecified atom stereocenters. The molecule has 0 fully saturated rings. The Morgan fingerprint density at radius 3 is 2.59 bits per heavy atom. The lowest BCUT2D eigenvalue weighted by Crippen LogP contribution is -2.27. The number of aryl methyl sites for hydroxylation is 1. The lowest BCUT2D eigenvalue weighted by atomic mass is 9.81. The molecule has 4 nitrogen and oxygen atoms in total. The van der Waals surface area contributed by atoms with Gasteiger partial charge in [0.1, 0.15) is 12.4 Å². The zero-order valence-corrected chi connectivity index (χ0v) is 24.7. The van der Waals surface area contributed by atoms with Crippen LogP contribution in [0.3, 0.4) is 0 Å². The molecule has 3 aromatic carbocycles. The molecule has 0 aliphatic heterocycles. The van der Waals surface area contributed by atoms with E-state index >= 15 is 0 Å². The van der Waals surface area contributed by atoms with Gasteiger partial charge in [0, 0.05) is 12.1 Å². The molecule has 1 N–H and O–H groups in total. The van der Waals surface area contributed by atoms with Gasteiger partial charge in [-0.3, -0.25) is 4.79 Å². The topological polar surface area (TPSA) is 55.8 Å². The maximum absolute atomic E-state index is 11.6. The van der Waals surface area contributed by atoms with Gasteiger partial charge in [0.05, 0.1) is 15.9 Å². The minimum atomic E-state index is -0.771. The van der Waals surface area contributed by atoms with Crippen LogP contribution in [0.5, 0.6) is 5.75 Å². The van der Waals surface area contributed by atoms with Gasteiger partial charge in [0.2, 0.25) is 0 Å². The van der Waals surface area contributed by atoms with Crippen LogP contribution in [0, 0.1) is 5.41 Å². The number of benzene rings is 3. The maximum Gasteiger partial charge on any atom is 0.305 e. The minimum absolute atomic E-state index is 0.115. The highest BCUT2D eigenvalue weighted by molar-refractivity contribution is 14.1. The Morgan fingerprint density at radius 1 is 1.14 bits per heavy atom. The summed E-state index contributed by atoms with van der Waals surface area (Å²) in [5, 5.41) is 10.2. The molecule has 6 heteroatoms. The van der Waals surface area contributed by atoms with Crippen molar-refractivity contribution in [2.24, 2.45) is 5.41 Å². The van der Waals surface area contributed by atoms with E-state index in [1.54, 1.807) is 7.11 Å². The lowest BCUT2D eigenvalue weighted by Gasteiger charge is -2.33. The molecule has 0 aromatic heterocycles. The van der Waals surface area contributed by atoms with Crippen LogP contribution in [0.2, 0.25) is 5.02 Å². The Bertz CT molecular complexity index is 1280. The van der Waals surface area contributed by atoms with Gasteiger partial charge in [-0.1, -0.05) is 85.3 Å². The molecule has 1 aliphatic carbocycles. The number of alkyl halides is 1. The number of halogens is 2. The third-order valence-electron chi connectivity index (χ3n) is 6.98. The fraction of sp³-hybridized carbons (Fsp3) is 0.387. The van der Waals surface area contributed by atoms with E-state index < -0.39 is 9.39 Å². The van der Waals surface area contributed by atoms with Gasteiger partial charge in [-0.25, -0.2) is 0 Å². The largest absolute Gasteiger partial charge is 0.489 e. The van der Waals surface area contributed by atoms with Crippen molar-refractivity contribution in [1.29, 1.82) is 0 Å². The molecular formula is C31H34ClIO4. The van der Waals surface area contributed by atoms with Crippen LogP contribution in [0.15, 0.2) is 60.7 Å². The van der Waals surface area contributed by atoms with E-state index in [0.717, 1.165) is 52.8 Å². The Morgan fingerprint density at radius 2 is 1.92 bits per heavy atom. The minimum Gasteiger partial charge on any atom is -0.489 e. The van der Waals surface area contributed by atoms with Gasteiger partial charge in [-0.2, -0.15) is 0 Å². The van der Waals surface area contributed by atoms with E-state index in [4.69, 9.17) is 21.1 Å². The molecule has 0 heterocycles. The fourth-order valence-electron chi connectivity index (χ4n) is 5.35. The summed E-state index contributed by atoms with van der Waals surface area (Å²) in [6.07, 6.45) is 2.82. The predicted octanol–water partition coefficient (Wildman–Crippen LogP) is 8.76. The van der Waals surface area contributed by atoms with Crippen molar-refractivity contribution in [3.63, 3.8) is 0 Å². The SMILES string of the molecule is CO[C@H](c1cc(COc2ccc3c(c2)[C@@](I)(CC(=O)O)CCC3)ccc1-c1cccc(Cl)c1)C(C)(C)C. The summed E-state index contributed by atoms with van der Waals surface area (Å²) < 4.78 is 11.9. The average Bonchev–Trinajstić information content (AvgIpc) is 2.82. The van der Waals surface area contributed by atoms with Crippen LogP contribution < -0.4 is 4.74 Å². The van der Waals surface area contributed by atoms with E-state index in [9.17, 15) is 9.90 Å². The highest BCUT2D eigenvalue weighted by atomic mass is 127. The lowest BCUT2D eigenvalue weighted by molar-refractivity contribution is -0.137. The van der Waals surface area contributed by atoms with Crippen LogP contribution in [0.4, 0.5) is 0 Å². The summed E-state index contributed by atoms with van der Waals surface area (Å²) >= 11 is 8.64. The second-order valence-corrected chi connectivity index (χ2v) is 13.4. The molecule has 0 bridgehead atoms. The Hall–Kier alpha value is -2.09. The zero-order valence-electron chi connectivity index (χ0n) is 21.8. The number of ether oxygens (including phenoxy) is 2. The maximum atomic E-state index is 11.6. The first-order valence-corrected chi connectivity index (χ1v) is 14.0. The smallest absolute Gasteiger partial charge is 0.305 e. The van der Waals surface area contributed by atoms with Gasteiger partial charge in [-0.15, -0.1) is 0 Å². The van der Waals surface area contributed by atoms with Crippen molar-refractivity contribution in [1.82, 2.24) is 0 Å². The van der Waals surface area contributed by atoms with Gasteiger partial charge >= 0.3 is 5.97 Å². The Kier molecular flexibility index (Phi) is 8.56. The quantitative estimate of drug-likeness (QED) is 0.199. The van der Waals surface area contributed by atoms with Gasteiger partial charge in [0.15, 0.2) is 0 Å². The summed E-state index contributed by atoms with van der Waals surface area (Å²) in [6, 6.07) is 20.4. The predicted molar refractivity (Wildman–Crippen MR) is 158 cm³/mol. The molecule has 0 saturated carbocycles. The number of carbonyl (C=O) groups is 1. The molecular weight excluding hydrogens is 599 g/mol. The van der Waals surface area contributed by atoms with Gasteiger partial charge in [0.25, 0.3) is 0 Å². The number of fused-ring (bicyclic) bond motifs is 1. The number of methoxy groups -OCH3 is 1. The summed E-state index contributed by atoms with van der Waals surface area (Å²) in [7, 11) is 1.75.